The molecule has 3 aliphatic heterocycles. The van der Waals surface area contributed by atoms with Gasteiger partial charge in [0, 0.05) is 31.9 Å². The topological polar surface area (TPSA) is 83.5 Å². The number of nitrogens with zero attached hydrogens (tertiary/aromatic N) is 6. The molecule has 0 amide bonds. The second-order valence-electron chi connectivity index (χ2n) is 10.2. The van der Waals surface area contributed by atoms with Gasteiger partial charge >= 0.3 is 0 Å². The van der Waals surface area contributed by atoms with Crippen molar-refractivity contribution in [2.75, 3.05) is 29.4 Å². The lowest BCUT2D eigenvalue weighted by Crippen LogP contribution is -2.44. The van der Waals surface area contributed by atoms with Crippen LogP contribution in [0.4, 0.5) is 15.9 Å². The Kier molecular flexibility index (Phi) is 4.67. The lowest BCUT2D eigenvalue weighted by Gasteiger charge is -2.42. The highest BCUT2D eigenvalue weighted by Gasteiger charge is 2.46. The van der Waals surface area contributed by atoms with Gasteiger partial charge in [-0.25, -0.2) is 14.4 Å². The molecule has 178 valence electrons. The summed E-state index contributed by atoms with van der Waals surface area (Å²) in [6.45, 7) is 3.22. The Morgan fingerprint density at radius 2 is 1.94 bits per heavy atom. The molecule has 5 heterocycles. The summed E-state index contributed by atoms with van der Waals surface area (Å²) < 4.78 is 13.8. The van der Waals surface area contributed by atoms with Gasteiger partial charge in [0.15, 0.2) is 5.84 Å². The van der Waals surface area contributed by atoms with Crippen LogP contribution >= 0.6 is 0 Å². The minimum Gasteiger partial charge on any atom is -0.355 e. The van der Waals surface area contributed by atoms with Gasteiger partial charge in [-0.2, -0.15) is 0 Å². The van der Waals surface area contributed by atoms with Gasteiger partial charge in [-0.15, -0.1) is 0 Å². The lowest BCUT2D eigenvalue weighted by molar-refractivity contribution is 0.187. The summed E-state index contributed by atoms with van der Waals surface area (Å²) >= 11 is 0. The number of anilines is 2. The van der Waals surface area contributed by atoms with Crippen LogP contribution in [0.5, 0.6) is 0 Å². The van der Waals surface area contributed by atoms with E-state index in [0.717, 1.165) is 91.7 Å². The Labute approximate surface area is 203 Å². The third kappa shape index (κ3) is 3.26. The van der Waals surface area contributed by atoms with Crippen LogP contribution in [0.3, 0.4) is 0 Å². The van der Waals surface area contributed by atoms with Crippen LogP contribution in [-0.4, -0.2) is 40.4 Å². The molecule has 4 aliphatic rings. The van der Waals surface area contributed by atoms with Crippen molar-refractivity contribution in [1.29, 1.82) is 0 Å². The quantitative estimate of drug-likeness (QED) is 0.587. The van der Waals surface area contributed by atoms with Crippen LogP contribution in [0.15, 0.2) is 47.7 Å². The maximum atomic E-state index is 13.8. The minimum atomic E-state index is -0.201. The number of aryl methyl sites for hydroxylation is 1. The third-order valence-corrected chi connectivity index (χ3v) is 8.36. The fourth-order valence-electron chi connectivity index (χ4n) is 6.42. The van der Waals surface area contributed by atoms with Gasteiger partial charge in [0.25, 0.3) is 0 Å². The standard InChI is InChI=1S/C27H28FN7/c28-18-6-5-17-14-27(25(29)19(17)13-18)7-11-34(12-8-27)23-16-31-24-21(33-23)15-32-26(24)35-10-2-3-20-22(35)4-1-9-30-20/h1,4-6,9,13,16,25H,2-3,7-8,10-12,14-15,29H2/t25-/m1/s1. The fourth-order valence-corrected chi connectivity index (χ4v) is 6.42. The van der Waals surface area contributed by atoms with E-state index in [0.29, 0.717) is 6.54 Å². The fraction of sp³-hybridized carbons (Fsp3) is 0.407. The summed E-state index contributed by atoms with van der Waals surface area (Å²) in [6, 6.07) is 9.08. The van der Waals surface area contributed by atoms with Crippen molar-refractivity contribution in [2.45, 2.75) is 44.7 Å². The van der Waals surface area contributed by atoms with E-state index >= 15 is 0 Å². The SMILES string of the molecule is N[C@@H]1c2cc(F)ccc2CC12CCN(c1cnc3c(n1)CN=C3N1CCCc3ncccc31)CC2. The second kappa shape index (κ2) is 7.81. The molecule has 0 unspecified atom stereocenters. The van der Waals surface area contributed by atoms with Crippen molar-refractivity contribution in [3.63, 3.8) is 0 Å². The third-order valence-electron chi connectivity index (χ3n) is 8.36. The molecule has 1 saturated heterocycles. The number of pyridine rings is 1. The van der Waals surface area contributed by atoms with Gasteiger partial charge in [0.1, 0.15) is 17.3 Å². The highest BCUT2D eigenvalue weighted by atomic mass is 19.1. The van der Waals surface area contributed by atoms with E-state index in [1.54, 1.807) is 12.1 Å². The first-order valence-corrected chi connectivity index (χ1v) is 12.5. The van der Waals surface area contributed by atoms with E-state index < -0.39 is 0 Å². The number of halogens is 1. The van der Waals surface area contributed by atoms with Gasteiger partial charge in [-0.3, -0.25) is 9.98 Å². The highest BCUT2D eigenvalue weighted by Crippen LogP contribution is 2.51. The number of amidine groups is 1. The number of fused-ring (bicyclic) bond motifs is 3. The smallest absolute Gasteiger partial charge is 0.156 e. The van der Waals surface area contributed by atoms with E-state index in [-0.39, 0.29) is 17.3 Å². The molecule has 35 heavy (non-hydrogen) atoms. The molecule has 0 radical (unpaired) electrons. The van der Waals surface area contributed by atoms with Crippen molar-refractivity contribution in [1.82, 2.24) is 15.0 Å². The number of hydrogen-bond donors (Lipinski definition) is 1. The maximum absolute atomic E-state index is 13.8. The number of rotatable bonds is 1. The summed E-state index contributed by atoms with van der Waals surface area (Å²) in [5.41, 5.74) is 12.9. The van der Waals surface area contributed by atoms with Gasteiger partial charge in [-0.1, -0.05) is 6.07 Å². The Balaban J connectivity index is 1.09. The van der Waals surface area contributed by atoms with E-state index in [1.165, 1.54) is 5.56 Å². The Morgan fingerprint density at radius 1 is 1.06 bits per heavy atom. The lowest BCUT2D eigenvalue weighted by atomic mass is 9.73. The summed E-state index contributed by atoms with van der Waals surface area (Å²) in [4.78, 5) is 23.8. The predicted octanol–water partition coefficient (Wildman–Crippen LogP) is 3.57. The predicted molar refractivity (Wildman–Crippen MR) is 133 cm³/mol. The molecular formula is C27H28FN7. The van der Waals surface area contributed by atoms with Crippen molar-refractivity contribution in [3.8, 4) is 0 Å². The molecule has 0 saturated carbocycles. The maximum Gasteiger partial charge on any atom is 0.156 e. The van der Waals surface area contributed by atoms with Crippen LogP contribution in [-0.2, 0) is 19.4 Å². The second-order valence-corrected chi connectivity index (χ2v) is 10.2. The minimum absolute atomic E-state index is 0.00273. The molecule has 1 spiro atoms. The van der Waals surface area contributed by atoms with Crippen LogP contribution < -0.4 is 15.5 Å². The average Bonchev–Trinajstić information content (AvgIpc) is 3.43. The molecule has 1 atom stereocenters. The van der Waals surface area contributed by atoms with Crippen molar-refractivity contribution < 1.29 is 4.39 Å². The molecule has 8 heteroatoms. The number of aliphatic imine (C=N–C) groups is 1. The average molecular weight is 470 g/mol. The number of piperidine rings is 1. The molecule has 3 aromatic rings. The first kappa shape index (κ1) is 20.9. The van der Waals surface area contributed by atoms with Crippen LogP contribution in [0.2, 0.25) is 0 Å². The monoisotopic (exact) mass is 469 g/mol. The summed E-state index contributed by atoms with van der Waals surface area (Å²) in [5, 5.41) is 0. The number of nitrogens with two attached hydrogens (primary N) is 1. The molecule has 0 bridgehead atoms. The first-order chi connectivity index (χ1) is 17.1. The zero-order valence-electron chi connectivity index (χ0n) is 19.6. The van der Waals surface area contributed by atoms with E-state index in [9.17, 15) is 4.39 Å². The molecule has 7 nitrogen and oxygen atoms in total. The summed E-state index contributed by atoms with van der Waals surface area (Å²) in [6.07, 6.45) is 8.65. The largest absolute Gasteiger partial charge is 0.355 e. The number of aromatic nitrogens is 3. The zero-order chi connectivity index (χ0) is 23.6. The number of hydrogen-bond acceptors (Lipinski definition) is 7. The van der Waals surface area contributed by atoms with Crippen LogP contribution in [0, 0.1) is 11.2 Å². The molecular weight excluding hydrogens is 441 g/mol. The molecule has 1 fully saturated rings. The van der Waals surface area contributed by atoms with Crippen molar-refractivity contribution in [2.24, 2.45) is 16.1 Å². The molecule has 2 N–H and O–H groups in total. The number of benzene rings is 1. The van der Waals surface area contributed by atoms with E-state index in [2.05, 4.69) is 20.9 Å². The van der Waals surface area contributed by atoms with Crippen molar-refractivity contribution in [3.05, 3.63) is 76.8 Å². The molecule has 1 aliphatic carbocycles. The zero-order valence-corrected chi connectivity index (χ0v) is 19.6. The van der Waals surface area contributed by atoms with Crippen molar-refractivity contribution >= 4 is 17.3 Å². The Morgan fingerprint density at radius 3 is 2.83 bits per heavy atom. The Bertz CT molecular complexity index is 1350. The van der Waals surface area contributed by atoms with E-state index in [1.807, 2.05) is 24.5 Å². The van der Waals surface area contributed by atoms with Crippen LogP contribution in [0.25, 0.3) is 0 Å². The van der Waals surface area contributed by atoms with Gasteiger partial charge in [-0.05, 0) is 72.9 Å². The normalized spacial score (nSPS) is 22.1. The summed E-state index contributed by atoms with van der Waals surface area (Å²) in [7, 11) is 0. The Hall–Kier alpha value is -3.39. The highest BCUT2D eigenvalue weighted by molar-refractivity contribution is 6.11. The molecule has 1 aromatic carbocycles. The van der Waals surface area contributed by atoms with Gasteiger partial charge < -0.3 is 15.5 Å². The molecule has 2 aromatic heterocycles. The summed E-state index contributed by atoms with van der Waals surface area (Å²) in [5.74, 6) is 1.62. The van der Waals surface area contributed by atoms with Gasteiger partial charge in [0.2, 0.25) is 0 Å². The van der Waals surface area contributed by atoms with Crippen LogP contribution in [0.1, 0.15) is 53.5 Å². The molecule has 7 rings (SSSR count). The van der Waals surface area contributed by atoms with Gasteiger partial charge in [0.05, 0.1) is 29.8 Å². The van der Waals surface area contributed by atoms with E-state index in [4.69, 9.17) is 20.7 Å². The first-order valence-electron chi connectivity index (χ1n) is 12.5.